The molecule has 2 heterocycles. The van der Waals surface area contributed by atoms with Gasteiger partial charge in [0.2, 0.25) is 5.91 Å². The topological polar surface area (TPSA) is 49.9 Å². The van der Waals surface area contributed by atoms with Crippen LogP contribution < -0.4 is 14.5 Å². The second kappa shape index (κ2) is 8.19. The van der Waals surface area contributed by atoms with Crippen LogP contribution in [0, 0.1) is 0 Å². The molecule has 2 aliphatic heterocycles. The summed E-state index contributed by atoms with van der Waals surface area (Å²) >= 11 is 0. The Morgan fingerprint density at radius 1 is 0.966 bits per heavy atom. The highest BCUT2D eigenvalue weighted by Gasteiger charge is 2.28. The Bertz CT molecular complexity index is 915. The van der Waals surface area contributed by atoms with Crippen molar-refractivity contribution in [2.45, 2.75) is 38.7 Å². The number of aryl methyl sites for hydroxylation is 1. The van der Waals surface area contributed by atoms with Gasteiger partial charge in [0.1, 0.15) is 5.75 Å². The van der Waals surface area contributed by atoms with Gasteiger partial charge in [-0.2, -0.15) is 8.78 Å². The highest BCUT2D eigenvalue weighted by molar-refractivity contribution is 6.08. The molecule has 1 fully saturated rings. The molecule has 2 aromatic carbocycles. The summed E-state index contributed by atoms with van der Waals surface area (Å²) in [6.07, 6.45) is 3.86. The number of piperidine rings is 1. The fourth-order valence-electron chi connectivity index (χ4n) is 4.03. The van der Waals surface area contributed by atoms with Crippen molar-refractivity contribution >= 4 is 23.2 Å². The van der Waals surface area contributed by atoms with Crippen molar-refractivity contribution in [2.75, 3.05) is 22.9 Å². The summed E-state index contributed by atoms with van der Waals surface area (Å²) in [6.45, 7) is -1.84. The maximum atomic E-state index is 13.2. The van der Waals surface area contributed by atoms with Gasteiger partial charge < -0.3 is 14.5 Å². The smallest absolute Gasteiger partial charge is 0.387 e. The Labute approximate surface area is 167 Å². The molecule has 2 amide bonds. The van der Waals surface area contributed by atoms with E-state index in [9.17, 15) is 18.4 Å². The van der Waals surface area contributed by atoms with E-state index < -0.39 is 6.61 Å². The molecule has 2 aliphatic rings. The van der Waals surface area contributed by atoms with Gasteiger partial charge in [0.05, 0.1) is 5.69 Å². The minimum Gasteiger partial charge on any atom is -0.433 e. The van der Waals surface area contributed by atoms with Gasteiger partial charge in [-0.15, -0.1) is 0 Å². The average molecular weight is 400 g/mol. The molecule has 1 saturated heterocycles. The second-order valence-corrected chi connectivity index (χ2v) is 7.25. The van der Waals surface area contributed by atoms with Gasteiger partial charge in [-0.25, -0.2) is 0 Å². The summed E-state index contributed by atoms with van der Waals surface area (Å²) < 4.78 is 30.3. The van der Waals surface area contributed by atoms with Crippen molar-refractivity contribution in [2.24, 2.45) is 0 Å². The number of carbonyl (C=O) groups excluding carboxylic acids is 2. The van der Waals surface area contributed by atoms with Crippen molar-refractivity contribution in [1.29, 1.82) is 0 Å². The van der Waals surface area contributed by atoms with E-state index in [0.717, 1.165) is 30.5 Å². The zero-order valence-corrected chi connectivity index (χ0v) is 15.9. The van der Waals surface area contributed by atoms with E-state index >= 15 is 0 Å². The number of para-hydroxylation sites is 1. The molecule has 0 radical (unpaired) electrons. The van der Waals surface area contributed by atoms with Crippen LogP contribution in [0.5, 0.6) is 5.75 Å². The lowest BCUT2D eigenvalue weighted by atomic mass is 10.00. The molecule has 5 nitrogen and oxygen atoms in total. The summed E-state index contributed by atoms with van der Waals surface area (Å²) in [5.74, 6) is -0.164. The number of hydrogen-bond acceptors (Lipinski definition) is 3. The lowest BCUT2D eigenvalue weighted by Gasteiger charge is -2.31. The number of fused-ring (bicyclic) bond motifs is 1. The van der Waals surface area contributed by atoms with Crippen LogP contribution in [-0.4, -0.2) is 31.5 Å². The van der Waals surface area contributed by atoms with Crippen LogP contribution in [0.1, 0.15) is 41.6 Å². The predicted molar refractivity (Wildman–Crippen MR) is 106 cm³/mol. The number of amides is 2. The van der Waals surface area contributed by atoms with Crippen LogP contribution in [0.15, 0.2) is 42.5 Å². The molecule has 0 aliphatic carbocycles. The number of anilines is 2. The predicted octanol–water partition coefficient (Wildman–Crippen LogP) is 4.40. The molecule has 0 saturated carbocycles. The Kier molecular flexibility index (Phi) is 5.47. The monoisotopic (exact) mass is 400 g/mol. The molecule has 4 rings (SSSR count). The van der Waals surface area contributed by atoms with E-state index in [1.54, 1.807) is 35.2 Å². The maximum Gasteiger partial charge on any atom is 0.387 e. The minimum absolute atomic E-state index is 0.0149. The fraction of sp³-hybridized carbons (Fsp3) is 0.364. The third-order valence-corrected chi connectivity index (χ3v) is 5.39. The highest BCUT2D eigenvalue weighted by atomic mass is 19.3. The fourth-order valence-corrected chi connectivity index (χ4v) is 4.03. The van der Waals surface area contributed by atoms with E-state index in [-0.39, 0.29) is 17.6 Å². The number of hydrogen-bond donors (Lipinski definition) is 0. The van der Waals surface area contributed by atoms with E-state index in [1.807, 2.05) is 6.07 Å². The summed E-state index contributed by atoms with van der Waals surface area (Å²) in [6, 6.07) is 11.9. The van der Waals surface area contributed by atoms with Crippen LogP contribution in [0.3, 0.4) is 0 Å². The van der Waals surface area contributed by atoms with Crippen molar-refractivity contribution < 1.29 is 23.1 Å². The van der Waals surface area contributed by atoms with Crippen LogP contribution in [-0.2, 0) is 11.2 Å². The number of rotatable bonds is 4. The average Bonchev–Trinajstić information content (AvgIpc) is 2.73. The third kappa shape index (κ3) is 3.95. The van der Waals surface area contributed by atoms with Crippen molar-refractivity contribution in [3.8, 4) is 5.75 Å². The third-order valence-electron chi connectivity index (χ3n) is 5.39. The first kappa shape index (κ1) is 19.4. The van der Waals surface area contributed by atoms with Crippen LogP contribution in [0.4, 0.5) is 20.2 Å². The first-order valence-corrected chi connectivity index (χ1v) is 9.83. The number of halogens is 2. The molecular formula is C22H22F2N2O3. The summed E-state index contributed by atoms with van der Waals surface area (Å²) in [5, 5.41) is 0. The van der Waals surface area contributed by atoms with Crippen molar-refractivity contribution in [3.05, 3.63) is 53.6 Å². The number of nitrogens with zero attached hydrogens (tertiary/aromatic N) is 2. The summed E-state index contributed by atoms with van der Waals surface area (Å²) in [5.41, 5.74) is 2.45. The molecule has 0 atom stereocenters. The van der Waals surface area contributed by atoms with Gasteiger partial charge in [-0.1, -0.05) is 12.1 Å². The highest BCUT2D eigenvalue weighted by Crippen LogP contribution is 2.38. The molecule has 0 N–H and O–H groups in total. The molecule has 0 unspecified atom stereocenters. The molecular weight excluding hydrogens is 378 g/mol. The van der Waals surface area contributed by atoms with E-state index in [2.05, 4.69) is 4.74 Å². The molecule has 29 heavy (non-hydrogen) atoms. The quantitative estimate of drug-likeness (QED) is 0.765. The summed E-state index contributed by atoms with van der Waals surface area (Å²) in [7, 11) is 0. The van der Waals surface area contributed by atoms with E-state index in [4.69, 9.17) is 0 Å². The molecule has 0 spiro atoms. The first-order chi connectivity index (χ1) is 14.0. The molecule has 152 valence electrons. The SMILES string of the molecule is O=C1CCCCN1c1ccc(C(=O)N2CCCc3cccc(OC(F)F)c32)cc1. The van der Waals surface area contributed by atoms with Gasteiger partial charge in [0.25, 0.3) is 5.91 Å². The number of alkyl halides is 2. The zero-order chi connectivity index (χ0) is 20.4. The Morgan fingerprint density at radius 2 is 1.76 bits per heavy atom. The van der Waals surface area contributed by atoms with Gasteiger partial charge in [0.15, 0.2) is 0 Å². The lowest BCUT2D eigenvalue weighted by Crippen LogP contribution is -2.36. The Balaban J connectivity index is 1.60. The van der Waals surface area contributed by atoms with Crippen LogP contribution in [0.25, 0.3) is 0 Å². The first-order valence-electron chi connectivity index (χ1n) is 9.83. The maximum absolute atomic E-state index is 13.2. The van der Waals surface area contributed by atoms with Crippen LogP contribution in [0.2, 0.25) is 0 Å². The van der Waals surface area contributed by atoms with E-state index in [0.29, 0.717) is 37.2 Å². The Morgan fingerprint density at radius 3 is 2.48 bits per heavy atom. The second-order valence-electron chi connectivity index (χ2n) is 7.25. The van der Waals surface area contributed by atoms with E-state index in [1.165, 1.54) is 11.0 Å². The molecule has 0 aromatic heterocycles. The van der Waals surface area contributed by atoms with Gasteiger partial charge in [-0.3, -0.25) is 9.59 Å². The number of benzene rings is 2. The van der Waals surface area contributed by atoms with Crippen molar-refractivity contribution in [3.63, 3.8) is 0 Å². The molecule has 7 heteroatoms. The molecule has 0 bridgehead atoms. The number of carbonyl (C=O) groups is 2. The normalized spacial score (nSPS) is 16.7. The lowest BCUT2D eigenvalue weighted by molar-refractivity contribution is -0.119. The minimum atomic E-state index is -2.96. The Hall–Kier alpha value is -2.96. The summed E-state index contributed by atoms with van der Waals surface area (Å²) in [4.78, 5) is 28.5. The largest absolute Gasteiger partial charge is 0.433 e. The number of ether oxygens (including phenoxy) is 1. The molecule has 2 aromatic rings. The zero-order valence-electron chi connectivity index (χ0n) is 15.9. The van der Waals surface area contributed by atoms with Crippen LogP contribution >= 0.6 is 0 Å². The standard InChI is InChI=1S/C22H22F2N2O3/c23-22(24)29-18-7-3-5-15-6-4-14-26(20(15)18)21(28)16-9-11-17(12-10-16)25-13-2-1-8-19(25)27/h3,5,7,9-12,22H,1-2,4,6,8,13-14H2. The van der Waals surface area contributed by atoms with Gasteiger partial charge in [-0.05, 0) is 61.6 Å². The van der Waals surface area contributed by atoms with Gasteiger partial charge >= 0.3 is 6.61 Å². The van der Waals surface area contributed by atoms with Crippen molar-refractivity contribution in [1.82, 2.24) is 0 Å². The van der Waals surface area contributed by atoms with Gasteiger partial charge in [0, 0.05) is 30.8 Å².